The summed E-state index contributed by atoms with van der Waals surface area (Å²) in [6, 6.07) is 0. The normalized spacial score (nSPS) is 47.4. The number of aliphatic hydroxyl groups excluding tert-OH is 8. The molecule has 0 aromatic carbocycles. The second-order valence-electron chi connectivity index (χ2n) is 6.30. The van der Waals surface area contributed by atoms with Crippen LogP contribution >= 0.6 is 7.82 Å². The molecule has 0 saturated carbocycles. The Morgan fingerprint density at radius 1 is 0.821 bits per heavy atom. The molecule has 0 bridgehead atoms. The summed E-state index contributed by atoms with van der Waals surface area (Å²) in [6.45, 7) is -3.23. The smallest absolute Gasteiger partial charge is 0.394 e. The van der Waals surface area contributed by atoms with Crippen molar-refractivity contribution < 1.29 is 73.9 Å². The van der Waals surface area contributed by atoms with Crippen LogP contribution in [0.15, 0.2) is 0 Å². The van der Waals surface area contributed by atoms with E-state index in [9.17, 15) is 45.4 Å². The molecule has 9 atom stereocenters. The highest BCUT2D eigenvalue weighted by Gasteiger charge is 2.66. The highest BCUT2D eigenvalue weighted by atomic mass is 31.2. The van der Waals surface area contributed by atoms with Crippen LogP contribution in [0.3, 0.4) is 0 Å². The molecule has 2 heterocycles. The van der Waals surface area contributed by atoms with Gasteiger partial charge in [-0.15, -0.1) is 0 Å². The second kappa shape index (κ2) is 8.43. The largest absolute Gasteiger partial charge is 0.474 e. The Kier molecular flexibility index (Phi) is 7.21. The second-order valence-corrected chi connectivity index (χ2v) is 7.46. The van der Waals surface area contributed by atoms with Crippen LogP contribution < -0.4 is 0 Å². The number of hydrogen-bond donors (Lipinski definition) is 10. The first-order chi connectivity index (χ1) is 12.9. The monoisotopic (exact) mass is 438 g/mol. The number of ether oxygens (including phenoxy) is 3. The lowest BCUT2D eigenvalue weighted by Gasteiger charge is -2.49. The van der Waals surface area contributed by atoms with E-state index in [0.717, 1.165) is 0 Å². The van der Waals surface area contributed by atoms with Crippen LogP contribution in [-0.4, -0.2) is 125 Å². The van der Waals surface area contributed by atoms with Gasteiger partial charge in [0.15, 0.2) is 6.10 Å². The van der Waals surface area contributed by atoms with Crippen molar-refractivity contribution in [3.8, 4) is 0 Å². The zero-order valence-electron chi connectivity index (χ0n) is 14.1. The van der Waals surface area contributed by atoms with Crippen molar-refractivity contribution in [2.45, 2.75) is 54.5 Å². The van der Waals surface area contributed by atoms with E-state index < -0.39 is 82.1 Å². The minimum absolute atomic E-state index is 0.875. The van der Waals surface area contributed by atoms with Crippen molar-refractivity contribution in [3.05, 3.63) is 0 Å². The van der Waals surface area contributed by atoms with Crippen molar-refractivity contribution in [3.63, 3.8) is 0 Å². The van der Waals surface area contributed by atoms with Crippen LogP contribution in [0.2, 0.25) is 0 Å². The van der Waals surface area contributed by atoms with Gasteiger partial charge in [0.25, 0.3) is 0 Å². The van der Waals surface area contributed by atoms with Gasteiger partial charge in [-0.3, -0.25) is 4.74 Å². The molecule has 2 saturated heterocycles. The predicted octanol–water partition coefficient (Wildman–Crippen LogP) is -5.96. The van der Waals surface area contributed by atoms with Crippen molar-refractivity contribution in [2.75, 3.05) is 19.8 Å². The Morgan fingerprint density at radius 3 is 1.79 bits per heavy atom. The summed E-state index contributed by atoms with van der Waals surface area (Å²) in [5, 5.41) is 78.1. The average molecular weight is 438 g/mol. The van der Waals surface area contributed by atoms with Crippen LogP contribution in [-0.2, 0) is 23.3 Å². The Hall–Kier alpha value is -0.330. The molecule has 2 aliphatic rings. The van der Waals surface area contributed by atoms with Crippen molar-refractivity contribution in [2.24, 2.45) is 0 Å². The molecule has 28 heavy (non-hydrogen) atoms. The molecule has 2 fully saturated rings. The van der Waals surface area contributed by atoms with Crippen LogP contribution in [0.4, 0.5) is 0 Å². The van der Waals surface area contributed by atoms with Gasteiger partial charge >= 0.3 is 13.8 Å². The third-order valence-corrected chi connectivity index (χ3v) is 4.87. The topological polar surface area (TPSA) is 256 Å². The predicted molar refractivity (Wildman–Crippen MR) is 80.7 cm³/mol. The van der Waals surface area contributed by atoms with E-state index in [4.69, 9.17) is 24.0 Å². The van der Waals surface area contributed by atoms with Crippen LogP contribution in [0.1, 0.15) is 0 Å². The van der Waals surface area contributed by atoms with Gasteiger partial charge in [-0.1, -0.05) is 0 Å². The maximum atomic E-state index is 11.4. The van der Waals surface area contributed by atoms with Gasteiger partial charge in [-0.25, -0.2) is 9.09 Å². The molecule has 0 radical (unpaired) electrons. The number of phosphoric ester groups is 1. The highest BCUT2D eigenvalue weighted by Crippen LogP contribution is 2.49. The summed E-state index contributed by atoms with van der Waals surface area (Å²) in [5.41, 5.74) is 0. The Morgan fingerprint density at radius 2 is 1.36 bits per heavy atom. The third-order valence-electron chi connectivity index (χ3n) is 4.38. The van der Waals surface area contributed by atoms with Gasteiger partial charge in [-0.2, -0.15) is 0 Å². The Bertz CT molecular complexity index is 583. The molecule has 0 aromatic heterocycles. The summed E-state index contributed by atoms with van der Waals surface area (Å²) >= 11 is 0. The zero-order chi connectivity index (χ0) is 21.5. The maximum Gasteiger partial charge on any atom is 0.474 e. The van der Waals surface area contributed by atoms with E-state index in [0.29, 0.717) is 0 Å². The Labute approximate surface area is 157 Å². The fourth-order valence-electron chi connectivity index (χ4n) is 2.95. The molecule has 15 nitrogen and oxygen atoms in total. The van der Waals surface area contributed by atoms with Gasteiger partial charge in [0.05, 0.1) is 13.2 Å². The van der Waals surface area contributed by atoms with Gasteiger partial charge in [0, 0.05) is 0 Å². The highest BCUT2D eigenvalue weighted by molar-refractivity contribution is 7.46. The number of hydrogen-bond acceptors (Lipinski definition) is 13. The number of phosphoric acid groups is 1. The van der Waals surface area contributed by atoms with Gasteiger partial charge in [0.2, 0.25) is 5.79 Å². The number of rotatable bonds is 7. The van der Waals surface area contributed by atoms with Gasteiger partial charge in [0.1, 0.15) is 43.2 Å². The fourth-order valence-corrected chi connectivity index (χ4v) is 3.47. The lowest BCUT2D eigenvalue weighted by atomic mass is 9.97. The zero-order valence-corrected chi connectivity index (χ0v) is 15.0. The third kappa shape index (κ3) is 4.24. The molecule has 0 aromatic rings. The van der Waals surface area contributed by atoms with Crippen molar-refractivity contribution >= 4 is 7.82 Å². The fraction of sp³-hybridized carbons (Fsp3) is 1.00. The summed E-state index contributed by atoms with van der Waals surface area (Å²) in [6.07, 6.45) is -14.1. The lowest BCUT2D eigenvalue weighted by Crippen LogP contribution is -2.70. The minimum atomic E-state index is -5.59. The summed E-state index contributed by atoms with van der Waals surface area (Å²) < 4.78 is 30.8. The SMILES string of the molecule is O=P(O)(O)O[C@@]1(OC2(CO)O[C@H](CO)[C@@H](O)[C@@H]2O)O[C@H](CO)[C@@H](O)[C@H](O)[C@H]1O. The van der Waals surface area contributed by atoms with Gasteiger partial charge in [-0.05, 0) is 0 Å². The molecular weight excluding hydrogens is 415 g/mol. The summed E-state index contributed by atoms with van der Waals surface area (Å²) in [5.74, 6) is -6.15. The lowest BCUT2D eigenvalue weighted by molar-refractivity contribution is -0.492. The van der Waals surface area contributed by atoms with E-state index in [2.05, 4.69) is 4.52 Å². The molecule has 166 valence electrons. The van der Waals surface area contributed by atoms with E-state index in [1.165, 1.54) is 0 Å². The summed E-state index contributed by atoms with van der Waals surface area (Å²) in [4.78, 5) is 18.3. The van der Waals surface area contributed by atoms with E-state index >= 15 is 0 Å². The molecule has 2 aliphatic heterocycles. The maximum absolute atomic E-state index is 11.4. The van der Waals surface area contributed by atoms with Gasteiger partial charge < -0.3 is 60.1 Å². The molecule has 0 aliphatic carbocycles. The first-order valence-corrected chi connectivity index (χ1v) is 9.44. The van der Waals surface area contributed by atoms with Crippen LogP contribution in [0.25, 0.3) is 0 Å². The van der Waals surface area contributed by atoms with E-state index in [1.54, 1.807) is 0 Å². The molecule has 2 rings (SSSR count). The first kappa shape index (κ1) is 23.9. The standard InChI is InChI=1S/C12H23O15P/c13-1-4-6(16)8(18)10(20)12(25-4,27-28(21,22)23)26-11(3-15)9(19)7(17)5(2-14)24-11/h4-10,13-20H,1-3H2,(H2,21,22,23)/t4-,5-,6-,7-,8+,9+,10-,11?,12-/m1/s1. The summed E-state index contributed by atoms with van der Waals surface area (Å²) in [7, 11) is -5.59. The molecule has 10 N–H and O–H groups in total. The van der Waals surface area contributed by atoms with E-state index in [1.807, 2.05) is 0 Å². The average Bonchev–Trinajstić information content (AvgIpc) is 2.86. The van der Waals surface area contributed by atoms with Crippen LogP contribution in [0, 0.1) is 0 Å². The molecule has 16 heteroatoms. The molecule has 1 unspecified atom stereocenters. The van der Waals surface area contributed by atoms with Crippen molar-refractivity contribution in [1.82, 2.24) is 0 Å². The minimum Gasteiger partial charge on any atom is -0.394 e. The quantitative estimate of drug-likeness (QED) is 0.131. The molecule has 0 spiro atoms. The number of aliphatic hydroxyl groups is 8. The van der Waals surface area contributed by atoms with Crippen molar-refractivity contribution in [1.29, 1.82) is 0 Å². The van der Waals surface area contributed by atoms with E-state index in [-0.39, 0.29) is 0 Å². The Balaban J connectivity index is 2.50. The first-order valence-electron chi connectivity index (χ1n) is 7.91. The molecular formula is C12H23O15P. The van der Waals surface area contributed by atoms with Crippen LogP contribution in [0.5, 0.6) is 0 Å². The molecule has 0 amide bonds.